The smallest absolute Gasteiger partial charge is 0.416 e. The third-order valence-corrected chi connectivity index (χ3v) is 3.77. The van der Waals surface area contributed by atoms with E-state index in [2.05, 4.69) is 25.8 Å². The Morgan fingerprint density at radius 3 is 2.63 bits per heavy atom. The van der Waals surface area contributed by atoms with E-state index in [0.717, 1.165) is 18.2 Å². The van der Waals surface area contributed by atoms with Crippen molar-refractivity contribution in [2.45, 2.75) is 6.18 Å². The van der Waals surface area contributed by atoms with E-state index >= 15 is 0 Å². The van der Waals surface area contributed by atoms with Crippen LogP contribution in [0.2, 0.25) is 5.02 Å². The Morgan fingerprint density at radius 2 is 1.89 bits per heavy atom. The van der Waals surface area contributed by atoms with E-state index in [0.29, 0.717) is 17.3 Å². The number of anilines is 4. The summed E-state index contributed by atoms with van der Waals surface area (Å²) in [4.78, 5) is 4.18. The lowest BCUT2D eigenvalue weighted by Gasteiger charge is -2.12. The highest BCUT2D eigenvalue weighted by molar-refractivity contribution is 6.33. The third kappa shape index (κ3) is 4.76. The van der Waals surface area contributed by atoms with Crippen molar-refractivity contribution < 1.29 is 17.9 Å². The van der Waals surface area contributed by atoms with Crippen molar-refractivity contribution in [2.75, 3.05) is 17.7 Å². The molecule has 0 fully saturated rings. The molecular weight excluding hydrogens is 383 g/mol. The van der Waals surface area contributed by atoms with E-state index in [1.165, 1.54) is 6.20 Å². The molecule has 6 nitrogen and oxygen atoms in total. The van der Waals surface area contributed by atoms with Gasteiger partial charge < -0.3 is 15.4 Å². The molecule has 0 saturated heterocycles. The maximum atomic E-state index is 12.9. The largest absolute Gasteiger partial charge is 0.497 e. The predicted molar refractivity (Wildman–Crippen MR) is 95.8 cm³/mol. The molecule has 2 N–H and O–H groups in total. The van der Waals surface area contributed by atoms with Crippen LogP contribution in [0.4, 0.5) is 36.3 Å². The zero-order valence-corrected chi connectivity index (χ0v) is 14.6. The summed E-state index contributed by atoms with van der Waals surface area (Å²) >= 11 is 5.96. The summed E-state index contributed by atoms with van der Waals surface area (Å²) < 4.78 is 43.8. The van der Waals surface area contributed by atoms with Gasteiger partial charge in [0.1, 0.15) is 5.75 Å². The zero-order valence-electron chi connectivity index (χ0n) is 13.9. The SMILES string of the molecule is COc1cccc(Nc2cnnc(Nc3cc(C(F)(F)F)ccc3Cl)n2)c1. The van der Waals surface area contributed by atoms with Crippen LogP contribution in [-0.2, 0) is 6.18 Å². The van der Waals surface area contributed by atoms with Gasteiger partial charge in [0.25, 0.3) is 0 Å². The van der Waals surface area contributed by atoms with Crippen molar-refractivity contribution in [3.63, 3.8) is 0 Å². The predicted octanol–water partition coefficient (Wildman–Crippen LogP) is 5.04. The van der Waals surface area contributed by atoms with Crippen LogP contribution in [0.5, 0.6) is 5.75 Å². The first-order chi connectivity index (χ1) is 12.8. The van der Waals surface area contributed by atoms with Crippen LogP contribution in [0.1, 0.15) is 5.56 Å². The fourth-order valence-electron chi connectivity index (χ4n) is 2.18. The Hall–Kier alpha value is -3.07. The van der Waals surface area contributed by atoms with Gasteiger partial charge in [-0.3, -0.25) is 0 Å². The summed E-state index contributed by atoms with van der Waals surface area (Å²) in [5.41, 5.74) is -0.127. The lowest BCUT2D eigenvalue weighted by molar-refractivity contribution is -0.137. The summed E-state index contributed by atoms with van der Waals surface area (Å²) in [5.74, 6) is 0.976. The van der Waals surface area contributed by atoms with Gasteiger partial charge in [-0.05, 0) is 30.3 Å². The number of nitrogens with one attached hydrogen (secondary N) is 2. The van der Waals surface area contributed by atoms with E-state index in [1.54, 1.807) is 31.4 Å². The van der Waals surface area contributed by atoms with Crippen LogP contribution in [0.3, 0.4) is 0 Å². The van der Waals surface area contributed by atoms with Crippen molar-refractivity contribution in [2.24, 2.45) is 0 Å². The van der Waals surface area contributed by atoms with Crippen molar-refractivity contribution in [1.29, 1.82) is 0 Å². The molecule has 10 heteroatoms. The molecule has 0 aliphatic carbocycles. The summed E-state index contributed by atoms with van der Waals surface area (Å²) in [5, 5.41) is 13.3. The lowest BCUT2D eigenvalue weighted by atomic mass is 10.2. The van der Waals surface area contributed by atoms with Crippen molar-refractivity contribution in [1.82, 2.24) is 15.2 Å². The quantitative estimate of drug-likeness (QED) is 0.630. The van der Waals surface area contributed by atoms with Gasteiger partial charge in [-0.2, -0.15) is 23.3 Å². The van der Waals surface area contributed by atoms with Crippen LogP contribution < -0.4 is 15.4 Å². The molecule has 0 aliphatic rings. The number of benzene rings is 2. The number of alkyl halides is 3. The maximum absolute atomic E-state index is 12.9. The number of hydrogen-bond donors (Lipinski definition) is 2. The summed E-state index contributed by atoms with van der Waals surface area (Å²) in [6, 6.07) is 10.0. The molecular formula is C17H13ClF3N5O. The summed E-state index contributed by atoms with van der Waals surface area (Å²) in [6.07, 6.45) is -3.12. The van der Waals surface area contributed by atoms with Crippen molar-refractivity contribution in [3.05, 3.63) is 59.2 Å². The average molecular weight is 396 g/mol. The summed E-state index contributed by atoms with van der Waals surface area (Å²) in [6.45, 7) is 0. The van der Waals surface area contributed by atoms with Crippen molar-refractivity contribution >= 4 is 34.7 Å². The van der Waals surface area contributed by atoms with E-state index in [4.69, 9.17) is 16.3 Å². The number of nitrogens with zero attached hydrogens (tertiary/aromatic N) is 3. The fourth-order valence-corrected chi connectivity index (χ4v) is 2.35. The number of ether oxygens (including phenoxy) is 1. The molecule has 140 valence electrons. The Bertz CT molecular complexity index is 952. The van der Waals surface area contributed by atoms with Crippen LogP contribution in [-0.4, -0.2) is 22.3 Å². The monoisotopic (exact) mass is 395 g/mol. The first-order valence-corrected chi connectivity index (χ1v) is 7.97. The molecule has 1 aromatic heterocycles. The van der Waals surface area contributed by atoms with Crippen molar-refractivity contribution in [3.8, 4) is 5.75 Å². The highest BCUT2D eigenvalue weighted by Crippen LogP contribution is 2.34. The van der Waals surface area contributed by atoms with E-state index in [1.807, 2.05) is 0 Å². The molecule has 0 aliphatic heterocycles. The van der Waals surface area contributed by atoms with Gasteiger partial charge in [0, 0.05) is 11.8 Å². The molecule has 0 radical (unpaired) electrons. The number of halogens is 4. The molecule has 2 aromatic carbocycles. The second kappa shape index (κ2) is 7.67. The Morgan fingerprint density at radius 1 is 1.07 bits per heavy atom. The van der Waals surface area contributed by atoms with Gasteiger partial charge in [0.2, 0.25) is 5.95 Å². The van der Waals surface area contributed by atoms with Crippen LogP contribution in [0.15, 0.2) is 48.7 Å². The second-order valence-electron chi connectivity index (χ2n) is 5.34. The Balaban J connectivity index is 1.82. The Labute approximate surface area is 157 Å². The van der Waals surface area contributed by atoms with Crippen LogP contribution >= 0.6 is 11.6 Å². The third-order valence-electron chi connectivity index (χ3n) is 3.44. The topological polar surface area (TPSA) is 72.0 Å². The first-order valence-electron chi connectivity index (χ1n) is 7.60. The molecule has 0 bridgehead atoms. The van der Waals surface area contributed by atoms with E-state index < -0.39 is 11.7 Å². The van der Waals surface area contributed by atoms with E-state index in [-0.39, 0.29) is 16.7 Å². The average Bonchev–Trinajstić information content (AvgIpc) is 2.63. The molecule has 3 aromatic rings. The highest BCUT2D eigenvalue weighted by Gasteiger charge is 2.31. The minimum atomic E-state index is -4.49. The van der Waals surface area contributed by atoms with Gasteiger partial charge in [-0.25, -0.2) is 0 Å². The molecule has 1 heterocycles. The first kappa shape index (κ1) is 18.7. The Kier molecular flexibility index (Phi) is 5.31. The number of aromatic nitrogens is 3. The number of rotatable bonds is 5. The molecule has 0 amide bonds. The normalized spacial score (nSPS) is 11.1. The number of methoxy groups -OCH3 is 1. The number of hydrogen-bond acceptors (Lipinski definition) is 6. The maximum Gasteiger partial charge on any atom is 0.416 e. The van der Waals surface area contributed by atoms with Crippen LogP contribution in [0.25, 0.3) is 0 Å². The second-order valence-corrected chi connectivity index (χ2v) is 5.75. The molecule has 0 unspecified atom stereocenters. The fraction of sp³-hybridized carbons (Fsp3) is 0.118. The summed E-state index contributed by atoms with van der Waals surface area (Å²) in [7, 11) is 1.55. The minimum Gasteiger partial charge on any atom is -0.497 e. The van der Waals surface area contributed by atoms with E-state index in [9.17, 15) is 13.2 Å². The van der Waals surface area contributed by atoms with Crippen LogP contribution in [0, 0.1) is 0 Å². The van der Waals surface area contributed by atoms with Gasteiger partial charge in [-0.15, -0.1) is 5.10 Å². The minimum absolute atomic E-state index is 0.0101. The van der Waals surface area contributed by atoms with Gasteiger partial charge >= 0.3 is 6.18 Å². The molecule has 27 heavy (non-hydrogen) atoms. The van der Waals surface area contributed by atoms with Gasteiger partial charge in [-0.1, -0.05) is 17.7 Å². The highest BCUT2D eigenvalue weighted by atomic mass is 35.5. The standard InChI is InChI=1S/C17H13ClF3N5O/c1-27-12-4-2-3-11(8-12)23-15-9-22-26-16(25-15)24-14-7-10(17(19,20)21)5-6-13(14)18/h2-9H,1H3,(H2,23,24,25,26). The molecule has 3 rings (SSSR count). The molecule has 0 saturated carbocycles. The van der Waals surface area contributed by atoms with Gasteiger partial charge in [0.05, 0.1) is 29.6 Å². The lowest BCUT2D eigenvalue weighted by Crippen LogP contribution is -2.07. The molecule has 0 spiro atoms. The molecule has 0 atom stereocenters. The van der Waals surface area contributed by atoms with Gasteiger partial charge in [0.15, 0.2) is 5.82 Å². The zero-order chi connectivity index (χ0) is 19.4.